The Morgan fingerprint density at radius 1 is 1.08 bits per heavy atom. The van der Waals surface area contributed by atoms with Crippen LogP contribution < -0.4 is 10.1 Å². The summed E-state index contributed by atoms with van der Waals surface area (Å²) in [6.07, 6.45) is 0.0977. The van der Waals surface area contributed by atoms with Crippen LogP contribution in [0.2, 0.25) is 10.0 Å². The number of hydrogen-bond acceptors (Lipinski definition) is 3. The Morgan fingerprint density at radius 2 is 1.88 bits per heavy atom. The molecule has 1 N–H and O–H groups in total. The van der Waals surface area contributed by atoms with E-state index in [4.69, 9.17) is 27.9 Å². The number of anilines is 1. The number of aryl methyl sites for hydroxylation is 1. The van der Waals surface area contributed by atoms with Gasteiger partial charge in [-0.2, -0.15) is 0 Å². The Kier molecular flexibility index (Phi) is 5.36. The van der Waals surface area contributed by atoms with E-state index in [-0.39, 0.29) is 6.10 Å². The van der Waals surface area contributed by atoms with Gasteiger partial charge in [0.25, 0.3) is 0 Å². The van der Waals surface area contributed by atoms with Crippen molar-refractivity contribution >= 4 is 39.8 Å². The van der Waals surface area contributed by atoms with Gasteiger partial charge in [-0.05, 0) is 50.6 Å². The molecule has 0 aliphatic rings. The smallest absolute Gasteiger partial charge is 0.145 e. The Bertz CT molecular complexity index is 910. The lowest BCUT2D eigenvalue weighted by molar-refractivity contribution is 0.245. The van der Waals surface area contributed by atoms with E-state index in [1.165, 1.54) is 0 Å². The van der Waals surface area contributed by atoms with Gasteiger partial charge >= 0.3 is 0 Å². The number of aromatic nitrogens is 1. The minimum Gasteiger partial charge on any atom is -0.489 e. The van der Waals surface area contributed by atoms with Crippen molar-refractivity contribution in [3.8, 4) is 5.75 Å². The third-order valence-electron chi connectivity index (χ3n) is 3.76. The molecule has 0 unspecified atom stereocenters. The predicted octanol–water partition coefficient (Wildman–Crippen LogP) is 6.25. The van der Waals surface area contributed by atoms with E-state index < -0.39 is 0 Å². The van der Waals surface area contributed by atoms with Crippen molar-refractivity contribution in [2.24, 2.45) is 0 Å². The number of nitrogens with one attached hydrogen (secondary N) is 1. The van der Waals surface area contributed by atoms with Crippen molar-refractivity contribution in [1.29, 1.82) is 0 Å². The molecule has 3 aromatic rings. The monoisotopic (exact) mass is 374 g/mol. The molecule has 3 nitrogen and oxygen atoms in total. The largest absolute Gasteiger partial charge is 0.489 e. The minimum absolute atomic E-state index is 0.0977. The molecule has 0 saturated heterocycles. The lowest BCUT2D eigenvalue weighted by Gasteiger charge is -2.15. The van der Waals surface area contributed by atoms with E-state index in [1.807, 2.05) is 63.2 Å². The number of ether oxygens (including phenoxy) is 1. The van der Waals surface area contributed by atoms with Crippen LogP contribution >= 0.6 is 23.2 Å². The van der Waals surface area contributed by atoms with Crippen LogP contribution in [-0.4, -0.2) is 11.1 Å². The fourth-order valence-corrected chi connectivity index (χ4v) is 3.01. The lowest BCUT2D eigenvalue weighted by atomic mass is 10.1. The van der Waals surface area contributed by atoms with E-state index >= 15 is 0 Å². The highest BCUT2D eigenvalue weighted by molar-refractivity contribution is 6.42. The predicted molar refractivity (Wildman–Crippen MR) is 106 cm³/mol. The first kappa shape index (κ1) is 17.8. The van der Waals surface area contributed by atoms with E-state index in [9.17, 15) is 0 Å². The number of pyridine rings is 1. The molecule has 0 aliphatic heterocycles. The third-order valence-corrected chi connectivity index (χ3v) is 4.50. The summed E-state index contributed by atoms with van der Waals surface area (Å²) in [7, 11) is 0. The topological polar surface area (TPSA) is 34.1 Å². The van der Waals surface area contributed by atoms with E-state index in [0.717, 1.165) is 33.6 Å². The van der Waals surface area contributed by atoms with Gasteiger partial charge in [-0.3, -0.25) is 0 Å². The Balaban J connectivity index is 1.94. The summed E-state index contributed by atoms with van der Waals surface area (Å²) in [5.74, 6) is 0.800. The summed E-state index contributed by atoms with van der Waals surface area (Å²) >= 11 is 12.1. The van der Waals surface area contributed by atoms with Crippen LogP contribution in [0.25, 0.3) is 10.9 Å². The van der Waals surface area contributed by atoms with Gasteiger partial charge in [0.1, 0.15) is 11.3 Å². The van der Waals surface area contributed by atoms with Gasteiger partial charge < -0.3 is 10.1 Å². The van der Waals surface area contributed by atoms with Crippen molar-refractivity contribution < 1.29 is 4.74 Å². The van der Waals surface area contributed by atoms with Crippen LogP contribution in [0, 0.1) is 6.92 Å². The summed E-state index contributed by atoms with van der Waals surface area (Å²) in [6, 6.07) is 13.7. The van der Waals surface area contributed by atoms with E-state index in [2.05, 4.69) is 10.3 Å². The molecule has 3 rings (SSSR count). The number of halogens is 2. The molecule has 0 aliphatic carbocycles. The van der Waals surface area contributed by atoms with Crippen molar-refractivity contribution in [3.05, 3.63) is 63.8 Å². The summed E-state index contributed by atoms with van der Waals surface area (Å²) in [4.78, 5) is 4.67. The fourth-order valence-electron chi connectivity index (χ4n) is 2.69. The van der Waals surface area contributed by atoms with Crippen molar-refractivity contribution in [2.75, 3.05) is 5.32 Å². The molecule has 0 amide bonds. The van der Waals surface area contributed by atoms with Crippen LogP contribution in [0.4, 0.5) is 5.69 Å². The second-order valence-electron chi connectivity index (χ2n) is 6.23. The Hall–Kier alpha value is -1.97. The number of fused-ring (bicyclic) bond motifs is 1. The zero-order valence-corrected chi connectivity index (χ0v) is 15.9. The maximum absolute atomic E-state index is 6.10. The average Bonchev–Trinajstić information content (AvgIpc) is 2.56. The van der Waals surface area contributed by atoms with Crippen molar-refractivity contribution in [2.45, 2.75) is 33.4 Å². The molecule has 0 atom stereocenters. The van der Waals surface area contributed by atoms with Crippen LogP contribution in [0.3, 0.4) is 0 Å². The van der Waals surface area contributed by atoms with Crippen molar-refractivity contribution in [1.82, 2.24) is 4.98 Å². The summed E-state index contributed by atoms with van der Waals surface area (Å²) in [6.45, 7) is 6.65. The summed E-state index contributed by atoms with van der Waals surface area (Å²) in [5, 5.41) is 5.63. The second kappa shape index (κ2) is 7.51. The van der Waals surface area contributed by atoms with Gasteiger partial charge in [-0.15, -0.1) is 0 Å². The van der Waals surface area contributed by atoms with Gasteiger partial charge in [0.2, 0.25) is 0 Å². The first-order chi connectivity index (χ1) is 11.9. The van der Waals surface area contributed by atoms with Crippen molar-refractivity contribution in [3.63, 3.8) is 0 Å². The third kappa shape index (κ3) is 4.17. The molecule has 25 heavy (non-hydrogen) atoms. The van der Waals surface area contributed by atoms with Gasteiger partial charge in [0.05, 0.1) is 16.1 Å². The summed E-state index contributed by atoms with van der Waals surface area (Å²) in [5.41, 5.74) is 3.88. The van der Waals surface area contributed by atoms with Crippen LogP contribution in [-0.2, 0) is 6.54 Å². The molecule has 0 radical (unpaired) electrons. The molecule has 1 heterocycles. The van der Waals surface area contributed by atoms with Crippen LogP contribution in [0.1, 0.15) is 25.1 Å². The zero-order chi connectivity index (χ0) is 18.0. The molecule has 2 aromatic carbocycles. The van der Waals surface area contributed by atoms with Gasteiger partial charge in [-0.25, -0.2) is 4.98 Å². The molecule has 0 spiro atoms. The molecule has 0 bridgehead atoms. The van der Waals surface area contributed by atoms with Crippen LogP contribution in [0.5, 0.6) is 5.75 Å². The van der Waals surface area contributed by atoms with Gasteiger partial charge in [0.15, 0.2) is 0 Å². The molecule has 130 valence electrons. The fraction of sp³-hybridized carbons (Fsp3) is 0.250. The SMILES string of the molecule is Cc1cc(NCc2ccc(Cl)c(Cl)c2)c2cccc(OC(C)C)c2n1. The number of rotatable bonds is 5. The van der Waals surface area contributed by atoms with Gasteiger partial charge in [0, 0.05) is 23.3 Å². The quantitative estimate of drug-likeness (QED) is 0.572. The van der Waals surface area contributed by atoms with E-state index in [0.29, 0.717) is 16.6 Å². The highest BCUT2D eigenvalue weighted by Crippen LogP contribution is 2.31. The van der Waals surface area contributed by atoms with Gasteiger partial charge in [-0.1, -0.05) is 41.4 Å². The molecule has 5 heteroatoms. The highest BCUT2D eigenvalue weighted by atomic mass is 35.5. The number of para-hydroxylation sites is 1. The lowest BCUT2D eigenvalue weighted by Crippen LogP contribution is -2.07. The summed E-state index contributed by atoms with van der Waals surface area (Å²) < 4.78 is 5.91. The number of hydrogen-bond donors (Lipinski definition) is 1. The number of nitrogens with zero attached hydrogens (tertiary/aromatic N) is 1. The maximum Gasteiger partial charge on any atom is 0.145 e. The molecule has 1 aromatic heterocycles. The molecule has 0 fully saturated rings. The molecular weight excluding hydrogens is 355 g/mol. The van der Waals surface area contributed by atoms with E-state index in [1.54, 1.807) is 0 Å². The molecular formula is C20H20Cl2N2O. The second-order valence-corrected chi connectivity index (χ2v) is 7.05. The Labute approximate surface area is 157 Å². The standard InChI is InChI=1S/C20H20Cl2N2O/c1-12(2)25-19-6-4-5-15-18(9-13(3)24-20(15)19)23-11-14-7-8-16(21)17(22)10-14/h4-10,12H,11H2,1-3H3,(H,23,24). The number of benzene rings is 2. The first-order valence-corrected chi connectivity index (χ1v) is 8.94. The Morgan fingerprint density at radius 3 is 2.60 bits per heavy atom. The maximum atomic E-state index is 6.10. The van der Waals surface area contributed by atoms with Crippen LogP contribution in [0.15, 0.2) is 42.5 Å². The molecule has 0 saturated carbocycles. The highest BCUT2D eigenvalue weighted by Gasteiger charge is 2.10. The normalized spacial score (nSPS) is 11.1. The average molecular weight is 375 g/mol. The zero-order valence-electron chi connectivity index (χ0n) is 14.4. The minimum atomic E-state index is 0.0977. The first-order valence-electron chi connectivity index (χ1n) is 8.19.